The molecule has 1 amide bonds. The molecular formula is C17H23ClN2O. The molecule has 3 rings (SSSR count). The smallest absolute Gasteiger partial charge is 0.241 e. The van der Waals surface area contributed by atoms with Gasteiger partial charge in [0.15, 0.2) is 0 Å². The summed E-state index contributed by atoms with van der Waals surface area (Å²) in [5, 5.41) is 4.24. The average molecular weight is 307 g/mol. The second-order valence-corrected chi connectivity index (χ2v) is 6.86. The van der Waals surface area contributed by atoms with E-state index in [-0.39, 0.29) is 18.1 Å². The lowest BCUT2D eigenvalue weighted by Gasteiger charge is -2.24. The van der Waals surface area contributed by atoms with Gasteiger partial charge in [-0.05, 0) is 42.4 Å². The van der Waals surface area contributed by atoms with E-state index in [0.29, 0.717) is 5.92 Å². The molecule has 0 bridgehead atoms. The number of carbonyl (C=O) groups is 1. The summed E-state index contributed by atoms with van der Waals surface area (Å²) in [4.78, 5) is 14.7. The molecule has 1 saturated carbocycles. The first-order valence-electron chi connectivity index (χ1n) is 7.92. The van der Waals surface area contributed by atoms with Gasteiger partial charge >= 0.3 is 0 Å². The first-order chi connectivity index (χ1) is 10.1. The van der Waals surface area contributed by atoms with Crippen molar-refractivity contribution in [3.05, 3.63) is 34.9 Å². The predicted molar refractivity (Wildman–Crippen MR) is 85.0 cm³/mol. The highest BCUT2D eigenvalue weighted by Gasteiger charge is 2.43. The van der Waals surface area contributed by atoms with Crippen LogP contribution in [0.25, 0.3) is 0 Å². The third kappa shape index (κ3) is 3.09. The van der Waals surface area contributed by atoms with Crippen LogP contribution in [0, 0.1) is 11.8 Å². The maximum atomic E-state index is 12.7. The van der Waals surface area contributed by atoms with E-state index in [0.717, 1.165) is 35.9 Å². The standard InChI is InChI=1S/C17H23ClN2O/c1-3-4-15-17(21)20(10-13-9-11(13)2)16(19-15)12-5-7-14(18)8-6-12/h5-8,11,13,15-16,19H,3-4,9-10H2,1-2H3. The number of carbonyl (C=O) groups excluding carboxylic acids is 1. The Morgan fingerprint density at radius 3 is 2.57 bits per heavy atom. The fraction of sp³-hybridized carbons (Fsp3) is 0.588. The van der Waals surface area contributed by atoms with Crippen molar-refractivity contribution in [2.45, 2.75) is 45.3 Å². The molecule has 1 heterocycles. The molecule has 4 heteroatoms. The molecule has 1 aliphatic carbocycles. The van der Waals surface area contributed by atoms with Gasteiger partial charge in [0.05, 0.1) is 6.04 Å². The summed E-state index contributed by atoms with van der Waals surface area (Å²) < 4.78 is 0. The zero-order valence-corrected chi connectivity index (χ0v) is 13.4. The molecular weight excluding hydrogens is 284 g/mol. The van der Waals surface area contributed by atoms with E-state index in [1.807, 2.05) is 29.2 Å². The van der Waals surface area contributed by atoms with Gasteiger partial charge in [0.25, 0.3) is 0 Å². The van der Waals surface area contributed by atoms with Crippen LogP contribution in [-0.4, -0.2) is 23.4 Å². The summed E-state index contributed by atoms with van der Waals surface area (Å²) in [7, 11) is 0. The van der Waals surface area contributed by atoms with Gasteiger partial charge in [-0.2, -0.15) is 0 Å². The Labute approximate surface area is 131 Å². The summed E-state index contributed by atoms with van der Waals surface area (Å²) in [6.45, 7) is 5.26. The highest BCUT2D eigenvalue weighted by atomic mass is 35.5. The quantitative estimate of drug-likeness (QED) is 0.901. The van der Waals surface area contributed by atoms with Crippen molar-refractivity contribution in [3.63, 3.8) is 0 Å². The third-order valence-corrected chi connectivity index (χ3v) is 4.97. The van der Waals surface area contributed by atoms with Gasteiger partial charge < -0.3 is 4.90 Å². The van der Waals surface area contributed by atoms with Crippen LogP contribution in [0.4, 0.5) is 0 Å². The van der Waals surface area contributed by atoms with E-state index in [4.69, 9.17) is 11.6 Å². The minimum absolute atomic E-state index is 0.000818. The molecule has 1 N–H and O–H groups in total. The number of halogens is 1. The van der Waals surface area contributed by atoms with E-state index in [1.54, 1.807) is 0 Å². The molecule has 1 aliphatic heterocycles. The van der Waals surface area contributed by atoms with Crippen LogP contribution >= 0.6 is 11.6 Å². The summed E-state index contributed by atoms with van der Waals surface area (Å²) >= 11 is 5.97. The molecule has 2 aliphatic rings. The maximum absolute atomic E-state index is 12.7. The van der Waals surface area contributed by atoms with Crippen molar-refractivity contribution >= 4 is 17.5 Å². The molecule has 1 aromatic rings. The van der Waals surface area contributed by atoms with E-state index < -0.39 is 0 Å². The van der Waals surface area contributed by atoms with Crippen LogP contribution in [0.2, 0.25) is 5.02 Å². The van der Waals surface area contributed by atoms with Crippen molar-refractivity contribution in [1.29, 1.82) is 0 Å². The first-order valence-corrected chi connectivity index (χ1v) is 8.30. The van der Waals surface area contributed by atoms with Crippen LogP contribution in [-0.2, 0) is 4.79 Å². The molecule has 0 aromatic heterocycles. The SMILES string of the molecule is CCCC1NC(c2ccc(Cl)cc2)N(CC2CC2C)C1=O. The topological polar surface area (TPSA) is 32.3 Å². The van der Waals surface area contributed by atoms with E-state index in [1.165, 1.54) is 6.42 Å². The highest BCUT2D eigenvalue weighted by molar-refractivity contribution is 6.30. The minimum atomic E-state index is -0.0373. The van der Waals surface area contributed by atoms with Gasteiger partial charge in [-0.3, -0.25) is 10.1 Å². The number of nitrogens with one attached hydrogen (secondary N) is 1. The van der Waals surface area contributed by atoms with Crippen LogP contribution in [0.5, 0.6) is 0 Å². The maximum Gasteiger partial charge on any atom is 0.241 e. The van der Waals surface area contributed by atoms with Crippen LogP contribution in [0.3, 0.4) is 0 Å². The Bertz CT molecular complexity index is 516. The summed E-state index contributed by atoms with van der Waals surface area (Å²) in [5.74, 6) is 1.69. The molecule has 0 radical (unpaired) electrons. The van der Waals surface area contributed by atoms with E-state index in [2.05, 4.69) is 19.2 Å². The molecule has 3 nitrogen and oxygen atoms in total. The first kappa shape index (κ1) is 14.9. The van der Waals surface area contributed by atoms with Gasteiger partial charge in [0.2, 0.25) is 5.91 Å². The number of benzene rings is 1. The summed E-state index contributed by atoms with van der Waals surface area (Å²) in [5.41, 5.74) is 1.12. The largest absolute Gasteiger partial charge is 0.321 e. The van der Waals surface area contributed by atoms with E-state index in [9.17, 15) is 4.79 Å². The van der Waals surface area contributed by atoms with Gasteiger partial charge in [-0.25, -0.2) is 0 Å². The molecule has 1 aromatic carbocycles. The zero-order valence-electron chi connectivity index (χ0n) is 12.7. The Morgan fingerprint density at radius 1 is 1.33 bits per heavy atom. The molecule has 0 spiro atoms. The number of rotatable bonds is 5. The van der Waals surface area contributed by atoms with Crippen molar-refractivity contribution in [1.82, 2.24) is 10.2 Å². The van der Waals surface area contributed by atoms with Crippen molar-refractivity contribution in [3.8, 4) is 0 Å². The molecule has 21 heavy (non-hydrogen) atoms. The number of nitrogens with zero attached hydrogens (tertiary/aromatic N) is 1. The molecule has 1 saturated heterocycles. The number of hydrogen-bond donors (Lipinski definition) is 1. The monoisotopic (exact) mass is 306 g/mol. The van der Waals surface area contributed by atoms with Gasteiger partial charge in [0, 0.05) is 11.6 Å². The van der Waals surface area contributed by atoms with Crippen LogP contribution in [0.1, 0.15) is 44.8 Å². The minimum Gasteiger partial charge on any atom is -0.321 e. The normalized spacial score (nSPS) is 31.8. The van der Waals surface area contributed by atoms with Crippen LogP contribution in [0.15, 0.2) is 24.3 Å². The Kier molecular flexibility index (Phi) is 4.23. The third-order valence-electron chi connectivity index (χ3n) is 4.72. The second-order valence-electron chi connectivity index (χ2n) is 6.43. The van der Waals surface area contributed by atoms with E-state index >= 15 is 0 Å². The molecule has 4 unspecified atom stereocenters. The van der Waals surface area contributed by atoms with Crippen molar-refractivity contribution in [2.75, 3.05) is 6.54 Å². The predicted octanol–water partition coefficient (Wildman–Crippen LogP) is 3.60. The molecule has 2 fully saturated rings. The Morgan fingerprint density at radius 2 is 2.00 bits per heavy atom. The molecule has 114 valence electrons. The number of amides is 1. The van der Waals surface area contributed by atoms with Crippen molar-refractivity contribution in [2.24, 2.45) is 11.8 Å². The average Bonchev–Trinajstić information content (AvgIpc) is 3.08. The molecule has 4 atom stereocenters. The Balaban J connectivity index is 1.80. The van der Waals surface area contributed by atoms with Gasteiger partial charge in [-0.15, -0.1) is 0 Å². The fourth-order valence-electron chi connectivity index (χ4n) is 3.20. The van der Waals surface area contributed by atoms with Crippen molar-refractivity contribution < 1.29 is 4.79 Å². The lowest BCUT2D eigenvalue weighted by molar-refractivity contribution is -0.130. The second kappa shape index (κ2) is 5.98. The van der Waals surface area contributed by atoms with Crippen LogP contribution < -0.4 is 5.32 Å². The summed E-state index contributed by atoms with van der Waals surface area (Å²) in [6.07, 6.45) is 3.17. The summed E-state index contributed by atoms with van der Waals surface area (Å²) in [6, 6.07) is 7.79. The van der Waals surface area contributed by atoms with Gasteiger partial charge in [0.1, 0.15) is 6.17 Å². The lowest BCUT2D eigenvalue weighted by Crippen LogP contribution is -2.33. The number of hydrogen-bond acceptors (Lipinski definition) is 2. The Hall–Kier alpha value is -1.06. The fourth-order valence-corrected chi connectivity index (χ4v) is 3.32. The zero-order chi connectivity index (χ0) is 15.0. The van der Waals surface area contributed by atoms with Gasteiger partial charge in [-0.1, -0.05) is 44.0 Å². The highest BCUT2D eigenvalue weighted by Crippen LogP contribution is 2.40. The lowest BCUT2D eigenvalue weighted by atomic mass is 10.1.